The maximum atomic E-state index is 12.2. The number of carbonyl (C=O) groups excluding carboxylic acids is 1. The summed E-state index contributed by atoms with van der Waals surface area (Å²) >= 11 is 6.80. The van der Waals surface area contributed by atoms with Crippen molar-refractivity contribution >= 4 is 39.0 Å². The lowest BCUT2D eigenvalue weighted by Gasteiger charge is -2.28. The summed E-state index contributed by atoms with van der Waals surface area (Å²) in [5.41, 5.74) is 0. The quantitative estimate of drug-likeness (QED) is 0.632. The average Bonchev–Trinajstić information content (AvgIpc) is 2.78. The van der Waals surface area contributed by atoms with Crippen LogP contribution in [0.2, 0.25) is 4.34 Å². The molecule has 0 amide bonds. The summed E-state index contributed by atoms with van der Waals surface area (Å²) in [4.78, 5) is 13.8. The molecule has 0 saturated carbocycles. The molecule has 1 aromatic rings. The topological polar surface area (TPSA) is 66.8 Å². The van der Waals surface area contributed by atoms with Gasteiger partial charge in [-0.2, -0.15) is 4.31 Å². The predicted octanol–water partition coefficient (Wildman–Crippen LogP) is 1.89. The van der Waals surface area contributed by atoms with Crippen LogP contribution in [0.25, 0.3) is 0 Å². The summed E-state index contributed by atoms with van der Waals surface area (Å²) in [6.07, 6.45) is 2.62. The van der Waals surface area contributed by atoms with E-state index >= 15 is 0 Å². The molecule has 1 aromatic heterocycles. The molecule has 1 saturated heterocycles. The van der Waals surface area contributed by atoms with Crippen LogP contribution in [-0.4, -0.2) is 37.9 Å². The Balaban J connectivity index is 2.11. The van der Waals surface area contributed by atoms with Crippen molar-refractivity contribution < 1.29 is 13.2 Å². The van der Waals surface area contributed by atoms with Gasteiger partial charge in [0, 0.05) is 13.1 Å². The third-order valence-electron chi connectivity index (χ3n) is 2.80. The molecule has 0 radical (unpaired) electrons. The van der Waals surface area contributed by atoms with E-state index in [1.807, 2.05) is 0 Å². The maximum absolute atomic E-state index is 12.2. The zero-order chi connectivity index (χ0) is 13.2. The van der Waals surface area contributed by atoms with Gasteiger partial charge < -0.3 is 0 Å². The van der Waals surface area contributed by atoms with E-state index in [4.69, 9.17) is 11.6 Å². The minimum atomic E-state index is -3.45. The zero-order valence-electron chi connectivity index (χ0n) is 9.37. The molecule has 18 heavy (non-hydrogen) atoms. The Kier molecular flexibility index (Phi) is 4.19. The molecule has 1 fully saturated rings. The molecule has 0 bridgehead atoms. The van der Waals surface area contributed by atoms with Crippen LogP contribution in [0.15, 0.2) is 21.3 Å². The van der Waals surface area contributed by atoms with Crippen molar-refractivity contribution in [1.29, 1.82) is 0 Å². The molecular weight excluding hydrogens is 296 g/mol. The second-order valence-corrected chi connectivity index (χ2v) is 7.79. The van der Waals surface area contributed by atoms with Gasteiger partial charge in [0.2, 0.25) is 6.08 Å². The molecule has 0 N–H and O–H groups in total. The highest BCUT2D eigenvalue weighted by Gasteiger charge is 2.30. The van der Waals surface area contributed by atoms with Gasteiger partial charge in [-0.3, -0.25) is 0 Å². The molecule has 0 spiro atoms. The van der Waals surface area contributed by atoms with Crippen molar-refractivity contribution in [1.82, 2.24) is 4.31 Å². The number of isocyanates is 1. The lowest BCUT2D eigenvalue weighted by Crippen LogP contribution is -2.39. The molecule has 0 unspecified atom stereocenters. The number of hydrogen-bond donors (Lipinski definition) is 0. The fourth-order valence-electron chi connectivity index (χ4n) is 1.85. The summed E-state index contributed by atoms with van der Waals surface area (Å²) in [6, 6.07) is 2.97. The van der Waals surface area contributed by atoms with Gasteiger partial charge in [-0.15, -0.1) is 11.3 Å². The summed E-state index contributed by atoms with van der Waals surface area (Å²) in [7, 11) is -3.45. The Labute approximate surface area is 114 Å². The highest BCUT2D eigenvalue weighted by atomic mass is 35.5. The van der Waals surface area contributed by atoms with E-state index in [2.05, 4.69) is 4.99 Å². The van der Waals surface area contributed by atoms with Gasteiger partial charge in [0.25, 0.3) is 10.0 Å². The van der Waals surface area contributed by atoms with Crippen LogP contribution in [0.5, 0.6) is 0 Å². The Bertz CT molecular complexity index is 570. The van der Waals surface area contributed by atoms with Crippen LogP contribution in [0.1, 0.15) is 12.8 Å². The zero-order valence-corrected chi connectivity index (χ0v) is 11.8. The standard InChI is InChI=1S/C10H11ClN2O3S2/c11-9-1-2-10(17-9)18(15,16)13-5-3-8(4-6-13)12-7-14/h1-2,8H,3-6H2. The molecule has 0 atom stereocenters. The molecule has 98 valence electrons. The first-order valence-corrected chi connectivity index (χ1v) is 8.00. The minimum absolute atomic E-state index is 0.110. The fraction of sp³-hybridized carbons (Fsp3) is 0.500. The molecule has 0 aromatic carbocycles. The summed E-state index contributed by atoms with van der Waals surface area (Å²) in [6.45, 7) is 0.737. The van der Waals surface area contributed by atoms with Crippen LogP contribution in [0, 0.1) is 0 Å². The summed E-state index contributed by atoms with van der Waals surface area (Å²) < 4.78 is 26.6. The Hall–Kier alpha value is -0.720. The number of hydrogen-bond acceptors (Lipinski definition) is 5. The Morgan fingerprint density at radius 1 is 1.39 bits per heavy atom. The molecule has 1 aliphatic rings. The maximum Gasteiger partial charge on any atom is 0.252 e. The van der Waals surface area contributed by atoms with Gasteiger partial charge in [0.15, 0.2) is 0 Å². The van der Waals surface area contributed by atoms with Crippen molar-refractivity contribution in [2.75, 3.05) is 13.1 Å². The van der Waals surface area contributed by atoms with Crippen molar-refractivity contribution in [2.24, 2.45) is 4.99 Å². The molecule has 0 aliphatic carbocycles. The molecule has 5 nitrogen and oxygen atoms in total. The molecule has 8 heteroatoms. The van der Waals surface area contributed by atoms with Crippen molar-refractivity contribution in [3.63, 3.8) is 0 Å². The number of piperidine rings is 1. The monoisotopic (exact) mass is 306 g/mol. The van der Waals surface area contributed by atoms with E-state index in [0.29, 0.717) is 30.3 Å². The molecule has 1 aliphatic heterocycles. The van der Waals surface area contributed by atoms with Crippen molar-refractivity contribution in [2.45, 2.75) is 23.1 Å². The first-order valence-electron chi connectivity index (χ1n) is 5.36. The molecule has 2 rings (SSSR count). The van der Waals surface area contributed by atoms with Gasteiger partial charge in [-0.1, -0.05) is 11.6 Å². The van der Waals surface area contributed by atoms with Crippen LogP contribution in [0.4, 0.5) is 0 Å². The van der Waals surface area contributed by atoms with E-state index in [0.717, 1.165) is 11.3 Å². The number of rotatable bonds is 3. The predicted molar refractivity (Wildman–Crippen MR) is 69.2 cm³/mol. The van der Waals surface area contributed by atoms with E-state index in [1.54, 1.807) is 6.07 Å². The number of halogens is 1. The van der Waals surface area contributed by atoms with Gasteiger partial charge >= 0.3 is 0 Å². The van der Waals surface area contributed by atoms with E-state index in [1.165, 1.54) is 16.5 Å². The molecular formula is C10H11ClN2O3S2. The van der Waals surface area contributed by atoms with Crippen molar-refractivity contribution in [3.8, 4) is 0 Å². The lowest BCUT2D eigenvalue weighted by molar-refractivity contribution is 0.321. The van der Waals surface area contributed by atoms with Gasteiger partial charge in [-0.05, 0) is 25.0 Å². The van der Waals surface area contributed by atoms with Crippen LogP contribution in [-0.2, 0) is 14.8 Å². The number of thiophene rings is 1. The summed E-state index contributed by atoms with van der Waals surface area (Å²) in [5.74, 6) is 0. The lowest BCUT2D eigenvalue weighted by atomic mass is 10.1. The largest absolute Gasteiger partial charge is 0.252 e. The third-order valence-corrected chi connectivity index (χ3v) is 6.40. The summed E-state index contributed by atoms with van der Waals surface area (Å²) in [5, 5.41) is 0. The third kappa shape index (κ3) is 2.81. The second-order valence-electron chi connectivity index (χ2n) is 3.91. The second kappa shape index (κ2) is 5.50. The minimum Gasteiger partial charge on any atom is -0.211 e. The van der Waals surface area contributed by atoms with Gasteiger partial charge in [-0.25, -0.2) is 18.2 Å². The van der Waals surface area contributed by atoms with Crippen molar-refractivity contribution in [3.05, 3.63) is 16.5 Å². The van der Waals surface area contributed by atoms with Gasteiger partial charge in [0.1, 0.15) is 4.21 Å². The van der Waals surface area contributed by atoms with E-state index in [-0.39, 0.29) is 10.3 Å². The van der Waals surface area contributed by atoms with Gasteiger partial charge in [0.05, 0.1) is 10.4 Å². The first-order chi connectivity index (χ1) is 8.54. The smallest absolute Gasteiger partial charge is 0.211 e. The Morgan fingerprint density at radius 2 is 2.06 bits per heavy atom. The highest BCUT2D eigenvalue weighted by molar-refractivity contribution is 7.91. The van der Waals surface area contributed by atoms with Crippen LogP contribution >= 0.6 is 22.9 Å². The van der Waals surface area contributed by atoms with Crippen LogP contribution in [0.3, 0.4) is 0 Å². The average molecular weight is 307 g/mol. The number of aliphatic imine (C=N–C) groups is 1. The Morgan fingerprint density at radius 3 is 2.56 bits per heavy atom. The normalized spacial score (nSPS) is 18.5. The SMILES string of the molecule is O=C=NC1CCN(S(=O)(=O)c2ccc(Cl)s2)CC1. The highest BCUT2D eigenvalue weighted by Crippen LogP contribution is 2.29. The fourth-order valence-corrected chi connectivity index (χ4v) is 4.96. The molecule has 2 heterocycles. The van der Waals surface area contributed by atoms with E-state index < -0.39 is 10.0 Å². The van der Waals surface area contributed by atoms with E-state index in [9.17, 15) is 13.2 Å². The number of sulfonamides is 1. The van der Waals surface area contributed by atoms with Crippen LogP contribution < -0.4 is 0 Å². The number of nitrogens with zero attached hydrogens (tertiary/aromatic N) is 2. The first kappa shape index (κ1) is 13.7.